The molecule has 1 saturated heterocycles. The molecule has 0 aromatic heterocycles. The number of rotatable bonds is 6. The number of hydrogen-bond acceptors (Lipinski definition) is 3. The number of nitrogens with zero attached hydrogens (tertiary/aromatic N) is 1. The summed E-state index contributed by atoms with van der Waals surface area (Å²) in [5.74, 6) is 0.130. The fourth-order valence-electron chi connectivity index (χ4n) is 3.46. The summed E-state index contributed by atoms with van der Waals surface area (Å²) in [4.78, 5) is 15.1. The van der Waals surface area contributed by atoms with Crippen molar-refractivity contribution in [3.63, 3.8) is 0 Å². The number of benzene rings is 1. The fraction of sp³-hybridized carbons (Fsp3) is 0.611. The molecule has 2 rings (SSSR count). The van der Waals surface area contributed by atoms with Gasteiger partial charge in [-0.2, -0.15) is 0 Å². The predicted molar refractivity (Wildman–Crippen MR) is 112 cm³/mol. The van der Waals surface area contributed by atoms with E-state index in [1.807, 2.05) is 23.1 Å². The number of hydrogen-bond donors (Lipinski definition) is 0. The van der Waals surface area contributed by atoms with Gasteiger partial charge in [-0.15, -0.1) is 0 Å². The van der Waals surface area contributed by atoms with Gasteiger partial charge in [-0.3, -0.25) is 4.79 Å². The van der Waals surface area contributed by atoms with E-state index in [1.54, 1.807) is 0 Å². The molecule has 0 atom stereocenters. The molecule has 1 aliphatic heterocycles. The monoisotopic (exact) mass is 395 g/mol. The maximum Gasteiger partial charge on any atom is 0.349 e. The average Bonchev–Trinajstić information content (AvgIpc) is 2.96. The minimum Gasteiger partial charge on any atom is -0.433 e. The Balaban J connectivity index is 2.48. The molecule has 1 heterocycles. The smallest absolute Gasteiger partial charge is 0.349 e. The molecule has 1 amide bonds. The minimum atomic E-state index is -2.68. The second kappa shape index (κ2) is 7.48. The molecule has 140 valence electrons. The van der Waals surface area contributed by atoms with Gasteiger partial charge >= 0.3 is 8.56 Å². The summed E-state index contributed by atoms with van der Waals surface area (Å²) in [7, 11) is -6.34. The molecule has 0 N–H and O–H groups in total. The molecule has 0 aliphatic carbocycles. The molecule has 0 radical (unpaired) electrons. The summed E-state index contributed by atoms with van der Waals surface area (Å²) in [5, 5.41) is 0.997. The van der Waals surface area contributed by atoms with E-state index in [1.165, 1.54) is 0 Å². The van der Waals surface area contributed by atoms with Gasteiger partial charge in [0.15, 0.2) is 16.6 Å². The van der Waals surface area contributed by atoms with Crippen LogP contribution in [0.25, 0.3) is 0 Å². The quantitative estimate of drug-likeness (QED) is 0.686. The lowest BCUT2D eigenvalue weighted by Gasteiger charge is -2.39. The summed E-state index contributed by atoms with van der Waals surface area (Å²) in [6.45, 7) is 17.0. The van der Waals surface area contributed by atoms with E-state index in [0.717, 1.165) is 36.7 Å². The van der Waals surface area contributed by atoms with Crippen LogP contribution in [-0.4, -0.2) is 49.1 Å². The molecule has 0 saturated carbocycles. The zero-order valence-electron chi connectivity index (χ0n) is 16.8. The van der Waals surface area contributed by atoms with E-state index in [0.29, 0.717) is 0 Å². The van der Waals surface area contributed by atoms with Gasteiger partial charge in [-0.05, 0) is 64.7 Å². The maximum atomic E-state index is 13.1. The topological polar surface area (TPSA) is 38.8 Å². The van der Waals surface area contributed by atoms with Gasteiger partial charge in [0.2, 0.25) is 0 Å². The summed E-state index contributed by atoms with van der Waals surface area (Å²) in [6.07, 6.45) is 2.19. The van der Waals surface area contributed by atoms with Crippen molar-refractivity contribution in [3.05, 3.63) is 29.8 Å². The van der Waals surface area contributed by atoms with Crippen molar-refractivity contribution in [2.45, 2.75) is 58.7 Å². The van der Waals surface area contributed by atoms with Gasteiger partial charge in [0.1, 0.15) is 0 Å². The van der Waals surface area contributed by atoms with Gasteiger partial charge in [-0.1, -0.05) is 18.2 Å². The lowest BCUT2D eigenvalue weighted by atomic mass is 10.2. The number of carbonyl (C=O) groups is 1. The first-order valence-electron chi connectivity index (χ1n) is 9.20. The SMILES string of the molecule is C[Si](C)(C)O[Si](C)(O[Si](C)(C)C)c1ccccc1C(=O)N1CCCC1. The van der Waals surface area contributed by atoms with Crippen molar-refractivity contribution >= 4 is 36.3 Å². The second-order valence-electron chi connectivity index (χ2n) is 8.92. The van der Waals surface area contributed by atoms with Crippen molar-refractivity contribution in [3.8, 4) is 0 Å². The Morgan fingerprint density at radius 1 is 0.880 bits per heavy atom. The van der Waals surface area contributed by atoms with Crippen LogP contribution in [0, 0.1) is 0 Å². The van der Waals surface area contributed by atoms with Crippen LogP contribution in [-0.2, 0) is 8.23 Å². The van der Waals surface area contributed by atoms with Crippen LogP contribution in [0.2, 0.25) is 45.8 Å². The fourth-order valence-corrected chi connectivity index (χ4v) is 15.3. The zero-order valence-corrected chi connectivity index (χ0v) is 19.8. The molecule has 1 aliphatic rings. The molecule has 1 aromatic carbocycles. The number of likely N-dealkylation sites (tertiary alicyclic amines) is 1. The third-order valence-electron chi connectivity index (χ3n) is 4.04. The summed E-state index contributed by atoms with van der Waals surface area (Å²) < 4.78 is 13.3. The van der Waals surface area contributed by atoms with Crippen molar-refractivity contribution < 1.29 is 13.0 Å². The molecule has 25 heavy (non-hydrogen) atoms. The highest BCUT2D eigenvalue weighted by molar-refractivity contribution is 6.94. The van der Waals surface area contributed by atoms with Crippen LogP contribution in [0.15, 0.2) is 24.3 Å². The summed E-state index contributed by atoms with van der Waals surface area (Å²) in [6, 6.07) is 7.95. The predicted octanol–water partition coefficient (Wildman–Crippen LogP) is 3.90. The third kappa shape index (κ3) is 5.62. The van der Waals surface area contributed by atoms with Crippen molar-refractivity contribution in [1.29, 1.82) is 0 Å². The summed E-state index contributed by atoms with van der Waals surface area (Å²) >= 11 is 0. The van der Waals surface area contributed by atoms with Crippen LogP contribution in [0.4, 0.5) is 0 Å². The van der Waals surface area contributed by atoms with Gasteiger partial charge in [-0.25, -0.2) is 0 Å². The molecule has 1 aromatic rings. The normalized spacial score (nSPS) is 16.4. The van der Waals surface area contributed by atoms with E-state index >= 15 is 0 Å². The molecule has 7 heteroatoms. The van der Waals surface area contributed by atoms with Gasteiger partial charge in [0.05, 0.1) is 0 Å². The highest BCUT2D eigenvalue weighted by Crippen LogP contribution is 2.23. The Hall–Kier alpha value is -0.739. The standard InChI is InChI=1S/C18H33NO3Si3/c1-23(2,3)21-25(7,22-24(4,5)6)17-13-9-8-12-16(17)18(20)19-14-10-11-15-19/h8-9,12-13H,10-11,14-15H2,1-7H3. The first-order chi connectivity index (χ1) is 11.4. The van der Waals surface area contributed by atoms with E-state index in [4.69, 9.17) is 8.23 Å². The van der Waals surface area contributed by atoms with Crippen molar-refractivity contribution in [2.75, 3.05) is 13.1 Å². The lowest BCUT2D eigenvalue weighted by Crippen LogP contribution is -2.61. The molecule has 0 spiro atoms. The lowest BCUT2D eigenvalue weighted by molar-refractivity contribution is 0.0793. The van der Waals surface area contributed by atoms with Crippen LogP contribution < -0.4 is 5.19 Å². The van der Waals surface area contributed by atoms with Crippen LogP contribution in [0.5, 0.6) is 0 Å². The van der Waals surface area contributed by atoms with Crippen LogP contribution in [0.1, 0.15) is 23.2 Å². The van der Waals surface area contributed by atoms with E-state index in [2.05, 4.69) is 51.9 Å². The second-order valence-corrected chi connectivity index (χ2v) is 21.4. The van der Waals surface area contributed by atoms with Crippen LogP contribution >= 0.6 is 0 Å². The highest BCUT2D eigenvalue weighted by atomic mass is 28.5. The van der Waals surface area contributed by atoms with E-state index in [9.17, 15) is 4.79 Å². The molecule has 0 bridgehead atoms. The molecule has 1 fully saturated rings. The first-order valence-corrected chi connectivity index (χ1v) is 18.3. The van der Waals surface area contributed by atoms with E-state index < -0.39 is 25.2 Å². The molecular weight excluding hydrogens is 362 g/mol. The number of carbonyl (C=O) groups excluding carboxylic acids is 1. The van der Waals surface area contributed by atoms with Gasteiger partial charge < -0.3 is 13.1 Å². The Kier molecular flexibility index (Phi) is 6.15. The Labute approximate surface area is 156 Å². The number of amides is 1. The summed E-state index contributed by atoms with van der Waals surface area (Å²) in [5.41, 5.74) is 0.773. The Bertz CT molecular complexity index is 601. The largest absolute Gasteiger partial charge is 0.433 e. The van der Waals surface area contributed by atoms with E-state index in [-0.39, 0.29) is 5.91 Å². The van der Waals surface area contributed by atoms with Crippen LogP contribution in [0.3, 0.4) is 0 Å². The van der Waals surface area contributed by atoms with Gasteiger partial charge in [0, 0.05) is 23.8 Å². The Morgan fingerprint density at radius 3 is 1.84 bits per heavy atom. The first kappa shape index (κ1) is 20.6. The molecule has 4 nitrogen and oxygen atoms in total. The highest BCUT2D eigenvalue weighted by Gasteiger charge is 2.44. The third-order valence-corrected chi connectivity index (χ3v) is 13.5. The van der Waals surface area contributed by atoms with Crippen molar-refractivity contribution in [2.24, 2.45) is 0 Å². The van der Waals surface area contributed by atoms with Gasteiger partial charge in [0.25, 0.3) is 5.91 Å². The Morgan fingerprint density at radius 2 is 1.36 bits per heavy atom. The molecular formula is C18H33NO3Si3. The van der Waals surface area contributed by atoms with Crippen molar-refractivity contribution in [1.82, 2.24) is 4.90 Å². The maximum absolute atomic E-state index is 13.1. The zero-order chi connectivity index (χ0) is 18.9. The molecule has 0 unspecified atom stereocenters. The average molecular weight is 396 g/mol. The minimum absolute atomic E-state index is 0.130.